The second kappa shape index (κ2) is 5.50. The van der Waals surface area contributed by atoms with Crippen molar-refractivity contribution < 1.29 is 0 Å². The first-order valence-electron chi connectivity index (χ1n) is 6.87. The van der Waals surface area contributed by atoms with Gasteiger partial charge in [0.1, 0.15) is 0 Å². The van der Waals surface area contributed by atoms with Crippen LogP contribution in [0.3, 0.4) is 0 Å². The van der Waals surface area contributed by atoms with Crippen molar-refractivity contribution >= 4 is 0 Å². The third-order valence-electron chi connectivity index (χ3n) is 4.23. The van der Waals surface area contributed by atoms with Gasteiger partial charge in [0.2, 0.25) is 0 Å². The molecular weight excluding hydrogens is 196 g/mol. The van der Waals surface area contributed by atoms with Gasteiger partial charge in [-0.1, -0.05) is 27.7 Å². The SMILES string of the molecule is CCC1CCC(C)N1CCC(N)C(C)(C)C. The van der Waals surface area contributed by atoms with Gasteiger partial charge in [-0.2, -0.15) is 0 Å². The van der Waals surface area contributed by atoms with Crippen LogP contribution in [-0.2, 0) is 0 Å². The Morgan fingerprint density at radius 3 is 2.44 bits per heavy atom. The number of nitrogens with two attached hydrogens (primary N) is 1. The van der Waals surface area contributed by atoms with E-state index in [1.165, 1.54) is 25.8 Å². The summed E-state index contributed by atoms with van der Waals surface area (Å²) in [7, 11) is 0. The molecule has 2 nitrogen and oxygen atoms in total. The van der Waals surface area contributed by atoms with Crippen molar-refractivity contribution in [2.75, 3.05) is 6.54 Å². The van der Waals surface area contributed by atoms with Crippen LogP contribution in [0.5, 0.6) is 0 Å². The Labute approximate surface area is 102 Å². The molecule has 96 valence electrons. The predicted octanol–water partition coefficient (Wildman–Crippen LogP) is 3.01. The molecule has 2 N–H and O–H groups in total. The zero-order chi connectivity index (χ0) is 12.3. The van der Waals surface area contributed by atoms with Crippen LogP contribution in [0.4, 0.5) is 0 Å². The molecule has 0 aromatic carbocycles. The van der Waals surface area contributed by atoms with Crippen LogP contribution in [0.2, 0.25) is 0 Å². The van der Waals surface area contributed by atoms with Gasteiger partial charge < -0.3 is 5.73 Å². The average molecular weight is 226 g/mol. The van der Waals surface area contributed by atoms with Crippen LogP contribution in [0.25, 0.3) is 0 Å². The Hall–Kier alpha value is -0.0800. The van der Waals surface area contributed by atoms with Crippen LogP contribution in [-0.4, -0.2) is 29.6 Å². The first-order valence-corrected chi connectivity index (χ1v) is 6.87. The first kappa shape index (κ1) is 14.0. The quantitative estimate of drug-likeness (QED) is 0.798. The second-order valence-electron chi connectivity index (χ2n) is 6.49. The van der Waals surface area contributed by atoms with Crippen LogP contribution < -0.4 is 5.73 Å². The standard InChI is InChI=1S/C14H30N2/c1-6-12-8-7-11(2)16(12)10-9-13(15)14(3,4)5/h11-13H,6-10,15H2,1-5H3. The molecule has 1 rings (SSSR count). The van der Waals surface area contributed by atoms with Crippen LogP contribution in [0.1, 0.15) is 60.3 Å². The Kier molecular flexibility index (Phi) is 4.81. The average Bonchev–Trinajstić information content (AvgIpc) is 2.54. The van der Waals surface area contributed by atoms with Crippen molar-refractivity contribution in [1.29, 1.82) is 0 Å². The molecule has 0 spiro atoms. The van der Waals surface area contributed by atoms with Gasteiger partial charge in [0.15, 0.2) is 0 Å². The van der Waals surface area contributed by atoms with E-state index < -0.39 is 0 Å². The third kappa shape index (κ3) is 3.46. The fourth-order valence-corrected chi connectivity index (χ4v) is 2.69. The van der Waals surface area contributed by atoms with Crippen molar-refractivity contribution in [1.82, 2.24) is 4.90 Å². The van der Waals surface area contributed by atoms with Gasteiger partial charge in [0.25, 0.3) is 0 Å². The minimum Gasteiger partial charge on any atom is -0.327 e. The normalized spacial score (nSPS) is 29.6. The van der Waals surface area contributed by atoms with Gasteiger partial charge in [-0.15, -0.1) is 0 Å². The predicted molar refractivity (Wildman–Crippen MR) is 71.5 cm³/mol. The Morgan fingerprint density at radius 2 is 1.94 bits per heavy atom. The van der Waals surface area contributed by atoms with Crippen molar-refractivity contribution in [3.8, 4) is 0 Å². The van der Waals surface area contributed by atoms with E-state index in [4.69, 9.17) is 5.73 Å². The maximum atomic E-state index is 6.23. The fraction of sp³-hybridized carbons (Fsp3) is 1.00. The van der Waals surface area contributed by atoms with Crippen molar-refractivity contribution in [2.45, 2.75) is 78.4 Å². The number of likely N-dealkylation sites (tertiary alicyclic amines) is 1. The maximum absolute atomic E-state index is 6.23. The third-order valence-corrected chi connectivity index (χ3v) is 4.23. The largest absolute Gasteiger partial charge is 0.327 e. The van der Waals surface area contributed by atoms with E-state index >= 15 is 0 Å². The van der Waals surface area contributed by atoms with Gasteiger partial charge in [-0.25, -0.2) is 0 Å². The minimum atomic E-state index is 0.241. The molecule has 3 unspecified atom stereocenters. The van der Waals surface area contributed by atoms with Crippen molar-refractivity contribution in [2.24, 2.45) is 11.1 Å². The van der Waals surface area contributed by atoms with Gasteiger partial charge in [0.05, 0.1) is 0 Å². The molecule has 0 aromatic heterocycles. The zero-order valence-electron chi connectivity index (χ0n) is 11.8. The summed E-state index contributed by atoms with van der Waals surface area (Å²) in [6, 6.07) is 1.89. The Morgan fingerprint density at radius 1 is 1.31 bits per heavy atom. The van der Waals surface area contributed by atoms with E-state index in [2.05, 4.69) is 39.5 Å². The summed E-state index contributed by atoms with van der Waals surface area (Å²) >= 11 is 0. The van der Waals surface area contributed by atoms with Gasteiger partial charge >= 0.3 is 0 Å². The van der Waals surface area contributed by atoms with Gasteiger partial charge in [-0.05, 0) is 38.0 Å². The van der Waals surface area contributed by atoms with Crippen molar-refractivity contribution in [3.63, 3.8) is 0 Å². The summed E-state index contributed by atoms with van der Waals surface area (Å²) in [6.45, 7) is 12.6. The molecule has 0 radical (unpaired) electrons. The molecule has 0 bridgehead atoms. The molecule has 1 aliphatic heterocycles. The fourth-order valence-electron chi connectivity index (χ4n) is 2.69. The molecule has 1 aliphatic rings. The second-order valence-corrected chi connectivity index (χ2v) is 6.49. The molecule has 1 heterocycles. The molecule has 0 aromatic rings. The van der Waals surface area contributed by atoms with E-state index in [1.807, 2.05) is 0 Å². The number of hydrogen-bond donors (Lipinski definition) is 1. The van der Waals surface area contributed by atoms with Gasteiger partial charge in [0, 0.05) is 24.7 Å². The highest BCUT2D eigenvalue weighted by Crippen LogP contribution is 2.27. The van der Waals surface area contributed by atoms with Crippen molar-refractivity contribution in [3.05, 3.63) is 0 Å². The summed E-state index contributed by atoms with van der Waals surface area (Å²) in [5.74, 6) is 0. The number of nitrogens with zero attached hydrogens (tertiary/aromatic N) is 1. The monoisotopic (exact) mass is 226 g/mol. The molecular formula is C14H30N2. The molecule has 0 amide bonds. The van der Waals surface area contributed by atoms with Gasteiger partial charge in [-0.3, -0.25) is 4.90 Å². The van der Waals surface area contributed by atoms with E-state index in [0.29, 0.717) is 6.04 Å². The van der Waals surface area contributed by atoms with Crippen LogP contribution >= 0.6 is 0 Å². The summed E-state index contributed by atoms with van der Waals surface area (Å²) in [5.41, 5.74) is 6.48. The minimum absolute atomic E-state index is 0.241. The molecule has 2 heteroatoms. The Balaban J connectivity index is 2.42. The lowest BCUT2D eigenvalue weighted by atomic mass is 9.85. The van der Waals surface area contributed by atoms with E-state index in [0.717, 1.165) is 18.5 Å². The molecule has 1 saturated heterocycles. The highest BCUT2D eigenvalue weighted by atomic mass is 15.2. The molecule has 1 fully saturated rings. The molecule has 0 aliphatic carbocycles. The van der Waals surface area contributed by atoms with Crippen LogP contribution in [0, 0.1) is 5.41 Å². The van der Waals surface area contributed by atoms with E-state index in [-0.39, 0.29) is 5.41 Å². The Bertz CT molecular complexity index is 207. The molecule has 16 heavy (non-hydrogen) atoms. The lowest BCUT2D eigenvalue weighted by Gasteiger charge is -2.32. The summed E-state index contributed by atoms with van der Waals surface area (Å²) in [4.78, 5) is 2.67. The topological polar surface area (TPSA) is 29.3 Å². The number of rotatable bonds is 4. The molecule has 0 saturated carbocycles. The number of hydrogen-bond acceptors (Lipinski definition) is 2. The smallest absolute Gasteiger partial charge is 0.00998 e. The molecule has 3 atom stereocenters. The highest BCUT2D eigenvalue weighted by Gasteiger charge is 2.30. The zero-order valence-corrected chi connectivity index (χ0v) is 11.8. The summed E-state index contributed by atoms with van der Waals surface area (Å²) in [6.07, 6.45) is 5.16. The summed E-state index contributed by atoms with van der Waals surface area (Å²) < 4.78 is 0. The summed E-state index contributed by atoms with van der Waals surface area (Å²) in [5, 5.41) is 0. The maximum Gasteiger partial charge on any atom is 0.00998 e. The van der Waals surface area contributed by atoms with Crippen LogP contribution in [0.15, 0.2) is 0 Å². The lowest BCUT2D eigenvalue weighted by molar-refractivity contribution is 0.175. The first-order chi connectivity index (χ1) is 7.36. The highest BCUT2D eigenvalue weighted by molar-refractivity contribution is 4.86. The lowest BCUT2D eigenvalue weighted by Crippen LogP contribution is -2.41. The van der Waals surface area contributed by atoms with E-state index in [9.17, 15) is 0 Å². The van der Waals surface area contributed by atoms with E-state index in [1.54, 1.807) is 0 Å².